The molecule has 1 aliphatic rings. The molecular weight excluding hydrogens is 534 g/mol. The molecule has 1 fully saturated rings. The molecule has 9 nitrogen and oxygen atoms in total. The van der Waals surface area contributed by atoms with Crippen molar-refractivity contribution < 1.29 is 32.6 Å². The van der Waals surface area contributed by atoms with Crippen molar-refractivity contribution in [2.24, 2.45) is 5.92 Å². The van der Waals surface area contributed by atoms with Gasteiger partial charge < -0.3 is 19.7 Å². The van der Waals surface area contributed by atoms with E-state index >= 15 is 4.39 Å². The van der Waals surface area contributed by atoms with Crippen LogP contribution in [0.1, 0.15) is 11.1 Å². The van der Waals surface area contributed by atoms with E-state index in [0.717, 1.165) is 28.0 Å². The number of rotatable bonds is 7. The number of ether oxygens (including phenoxy) is 2. The number of imide groups is 1. The van der Waals surface area contributed by atoms with Gasteiger partial charge in [0.2, 0.25) is 11.8 Å². The summed E-state index contributed by atoms with van der Waals surface area (Å²) in [5.41, 5.74) is 2.16. The lowest BCUT2D eigenvalue weighted by molar-refractivity contribution is -0.131. The van der Waals surface area contributed by atoms with Crippen LogP contribution in [-0.2, 0) is 16.0 Å². The normalized spacial score (nSPS) is 15.3. The van der Waals surface area contributed by atoms with Crippen molar-refractivity contribution in [3.05, 3.63) is 89.6 Å². The molecular formula is C30H26F2N4O5. The summed E-state index contributed by atoms with van der Waals surface area (Å²) in [5, 5.41) is 3.36. The predicted molar refractivity (Wildman–Crippen MR) is 148 cm³/mol. The highest BCUT2D eigenvalue weighted by Crippen LogP contribution is 2.34. The maximum atomic E-state index is 15.2. The number of benzene rings is 3. The zero-order chi connectivity index (χ0) is 29.3. The zero-order valence-electron chi connectivity index (χ0n) is 22.5. The fourth-order valence-electron chi connectivity index (χ4n) is 4.76. The predicted octanol–water partition coefficient (Wildman–Crippen LogP) is 4.77. The number of carbonyl (C=O) groups is 3. The van der Waals surface area contributed by atoms with Crippen LogP contribution >= 0.6 is 0 Å². The molecule has 210 valence electrons. The molecule has 0 saturated carbocycles. The van der Waals surface area contributed by atoms with Crippen LogP contribution in [0.25, 0.3) is 10.9 Å². The van der Waals surface area contributed by atoms with Crippen molar-refractivity contribution >= 4 is 40.1 Å². The van der Waals surface area contributed by atoms with E-state index in [4.69, 9.17) is 9.47 Å². The van der Waals surface area contributed by atoms with Crippen molar-refractivity contribution in [2.75, 3.05) is 38.0 Å². The molecule has 1 aliphatic heterocycles. The zero-order valence-corrected chi connectivity index (χ0v) is 22.5. The van der Waals surface area contributed by atoms with Crippen molar-refractivity contribution in [1.29, 1.82) is 0 Å². The summed E-state index contributed by atoms with van der Waals surface area (Å²) in [5.74, 6) is -2.74. The van der Waals surface area contributed by atoms with Gasteiger partial charge in [-0.2, -0.15) is 0 Å². The van der Waals surface area contributed by atoms with Crippen LogP contribution < -0.4 is 19.7 Å². The Bertz CT molecular complexity index is 1660. The molecule has 0 spiro atoms. The Hall–Kier alpha value is -5.06. The number of pyridine rings is 1. The smallest absolute Gasteiger partial charge is 0.331 e. The fraction of sp³-hybridized carbons (Fsp3) is 0.200. The molecule has 0 radical (unpaired) electrons. The van der Waals surface area contributed by atoms with Crippen LogP contribution in [0.3, 0.4) is 0 Å². The van der Waals surface area contributed by atoms with Gasteiger partial charge in [0.15, 0.2) is 11.5 Å². The second kappa shape index (κ2) is 11.2. The molecule has 4 amide bonds. The second-order valence-corrected chi connectivity index (χ2v) is 9.53. The van der Waals surface area contributed by atoms with E-state index in [1.807, 2.05) is 0 Å². The number of urea groups is 1. The lowest BCUT2D eigenvalue weighted by Gasteiger charge is -2.35. The number of halogens is 2. The van der Waals surface area contributed by atoms with E-state index in [2.05, 4.69) is 10.3 Å². The average Bonchev–Trinajstić information content (AvgIpc) is 2.96. The summed E-state index contributed by atoms with van der Waals surface area (Å²) in [4.78, 5) is 45.3. The Morgan fingerprint density at radius 1 is 0.976 bits per heavy atom. The lowest BCUT2D eigenvalue weighted by atomic mass is 10.00. The molecule has 0 aliphatic carbocycles. The summed E-state index contributed by atoms with van der Waals surface area (Å²) in [7, 11) is 4.52. The van der Waals surface area contributed by atoms with Crippen LogP contribution in [0.15, 0.2) is 66.9 Å². The minimum absolute atomic E-state index is 0.140. The molecule has 11 heteroatoms. The molecule has 1 N–H and O–H groups in total. The largest absolute Gasteiger partial charge is 0.493 e. The molecule has 5 rings (SSSR count). The molecule has 4 aromatic rings. The van der Waals surface area contributed by atoms with E-state index in [-0.39, 0.29) is 24.3 Å². The molecule has 3 aromatic carbocycles. The van der Waals surface area contributed by atoms with Crippen LogP contribution in [0.4, 0.5) is 25.0 Å². The first kappa shape index (κ1) is 27.5. The third kappa shape index (κ3) is 5.38. The third-order valence-electron chi connectivity index (χ3n) is 6.93. The van der Waals surface area contributed by atoms with Gasteiger partial charge in [-0.1, -0.05) is 6.07 Å². The van der Waals surface area contributed by atoms with Crippen LogP contribution in [-0.4, -0.2) is 55.5 Å². The van der Waals surface area contributed by atoms with E-state index in [1.54, 1.807) is 36.5 Å². The number of nitrogens with one attached hydrogen (secondary N) is 1. The van der Waals surface area contributed by atoms with Gasteiger partial charge in [-0.3, -0.25) is 14.6 Å². The van der Waals surface area contributed by atoms with Crippen molar-refractivity contribution in [3.63, 3.8) is 0 Å². The molecule has 41 heavy (non-hydrogen) atoms. The Balaban J connectivity index is 1.35. The monoisotopic (exact) mass is 560 g/mol. The van der Waals surface area contributed by atoms with Gasteiger partial charge in [0.1, 0.15) is 17.6 Å². The summed E-state index contributed by atoms with van der Waals surface area (Å²) >= 11 is 0. The average molecular weight is 561 g/mol. The standard InChI is InChI=1S/C30H26F2N4O5/c1-35-16-23(29(38)36(30(35)39)21-8-5-19(31)6-9-21)28(37)34-20-7-4-18(24(32)13-20)12-17-10-11-33-25-15-27(41-3)26(40-2)14-22(17)25/h4-11,13-15,23H,12,16H2,1-3H3,(H,34,37). The molecule has 1 saturated heterocycles. The summed E-state index contributed by atoms with van der Waals surface area (Å²) in [6.07, 6.45) is 1.88. The number of anilines is 2. The van der Waals surface area contributed by atoms with Gasteiger partial charge in [0, 0.05) is 43.4 Å². The summed E-state index contributed by atoms with van der Waals surface area (Å²) < 4.78 is 39.4. The Kier molecular flexibility index (Phi) is 7.52. The molecule has 1 aromatic heterocycles. The minimum atomic E-state index is -1.25. The van der Waals surface area contributed by atoms with Crippen molar-refractivity contribution in [2.45, 2.75) is 6.42 Å². The molecule has 1 unspecified atom stereocenters. The number of aromatic nitrogens is 1. The Labute approximate surface area is 234 Å². The van der Waals surface area contributed by atoms with E-state index in [1.165, 1.54) is 44.4 Å². The van der Waals surface area contributed by atoms with Gasteiger partial charge in [-0.15, -0.1) is 0 Å². The van der Waals surface area contributed by atoms with Gasteiger partial charge >= 0.3 is 6.03 Å². The van der Waals surface area contributed by atoms with Gasteiger partial charge in [-0.05, 0) is 59.7 Å². The lowest BCUT2D eigenvalue weighted by Crippen LogP contribution is -2.58. The minimum Gasteiger partial charge on any atom is -0.493 e. The van der Waals surface area contributed by atoms with Crippen LogP contribution in [0.5, 0.6) is 11.5 Å². The quantitative estimate of drug-likeness (QED) is 0.327. The SMILES string of the molecule is COc1cc2nccc(Cc3ccc(NC(=O)C4CN(C)C(=O)N(c5ccc(F)cc5)C4=O)cc3F)c2cc1OC. The number of methoxy groups -OCH3 is 2. The van der Waals surface area contributed by atoms with Crippen molar-refractivity contribution in [1.82, 2.24) is 9.88 Å². The Morgan fingerprint density at radius 3 is 2.37 bits per heavy atom. The number of hydrogen-bond acceptors (Lipinski definition) is 6. The number of hydrogen-bond donors (Lipinski definition) is 1. The summed E-state index contributed by atoms with van der Waals surface area (Å²) in [6.45, 7) is -0.162. The van der Waals surface area contributed by atoms with Crippen molar-refractivity contribution in [3.8, 4) is 11.5 Å². The van der Waals surface area contributed by atoms with E-state index < -0.39 is 35.4 Å². The van der Waals surface area contributed by atoms with Crippen LogP contribution in [0, 0.1) is 17.6 Å². The molecule has 1 atom stereocenters. The highest BCUT2D eigenvalue weighted by molar-refractivity contribution is 6.23. The fourth-order valence-corrected chi connectivity index (χ4v) is 4.76. The number of amides is 4. The summed E-state index contributed by atoms with van der Waals surface area (Å²) in [6, 6.07) is 13.8. The van der Waals surface area contributed by atoms with E-state index in [0.29, 0.717) is 22.6 Å². The third-order valence-corrected chi connectivity index (χ3v) is 6.93. The topological polar surface area (TPSA) is 101 Å². The number of nitrogens with zero attached hydrogens (tertiary/aromatic N) is 3. The number of fused-ring (bicyclic) bond motifs is 1. The van der Waals surface area contributed by atoms with Gasteiger partial charge in [-0.25, -0.2) is 18.5 Å². The van der Waals surface area contributed by atoms with Gasteiger partial charge in [0.05, 0.1) is 25.4 Å². The maximum absolute atomic E-state index is 15.2. The van der Waals surface area contributed by atoms with Gasteiger partial charge in [0.25, 0.3) is 0 Å². The van der Waals surface area contributed by atoms with E-state index in [9.17, 15) is 18.8 Å². The van der Waals surface area contributed by atoms with Crippen LogP contribution in [0.2, 0.25) is 0 Å². The molecule has 2 heterocycles. The highest BCUT2D eigenvalue weighted by atomic mass is 19.1. The first-order chi connectivity index (χ1) is 19.7. The molecule has 0 bridgehead atoms. The Morgan fingerprint density at radius 2 is 1.68 bits per heavy atom. The second-order valence-electron chi connectivity index (χ2n) is 9.53. The highest BCUT2D eigenvalue weighted by Gasteiger charge is 2.42. The maximum Gasteiger partial charge on any atom is 0.331 e. The first-order valence-electron chi connectivity index (χ1n) is 12.6. The first-order valence-corrected chi connectivity index (χ1v) is 12.6. The number of carbonyl (C=O) groups excluding carboxylic acids is 3.